The lowest BCUT2D eigenvalue weighted by Gasteiger charge is -2.64. The van der Waals surface area contributed by atoms with Gasteiger partial charge in [-0.05, 0) is 98.7 Å². The fourth-order valence-corrected chi connectivity index (χ4v) is 11.6. The fraction of sp³-hybridized carbons (Fsp3) is 1.00. The molecule has 4 aliphatic carbocycles. The van der Waals surface area contributed by atoms with Crippen molar-refractivity contribution in [2.75, 3.05) is 6.61 Å². The van der Waals surface area contributed by atoms with Crippen molar-refractivity contribution >= 4 is 41.6 Å². The van der Waals surface area contributed by atoms with Crippen LogP contribution in [0.25, 0.3) is 0 Å². The highest BCUT2D eigenvalue weighted by Gasteiger charge is 2.67. The molecule has 2 unspecified atom stereocenters. The predicted octanol–water partition coefficient (Wildman–Crippen LogP) is 2.66. The summed E-state index contributed by atoms with van der Waals surface area (Å²) in [4.78, 5) is 0. The summed E-state index contributed by atoms with van der Waals surface area (Å²) in [6.07, 6.45) is -0.227. The van der Waals surface area contributed by atoms with E-state index < -0.39 is 88.5 Å². The van der Waals surface area contributed by atoms with Crippen LogP contribution in [0.5, 0.6) is 0 Å². The molecule has 4 saturated carbocycles. The maximum Gasteiger partial charge on any atom is 0.397 e. The average Bonchev–Trinajstić information content (AvgIpc) is 3.18. The summed E-state index contributed by atoms with van der Waals surface area (Å²) in [6.45, 7) is 5.43. The van der Waals surface area contributed by atoms with E-state index in [2.05, 4.69) is 4.18 Å². The molecule has 0 radical (unpaired) electrons. The van der Waals surface area contributed by atoms with Crippen molar-refractivity contribution in [2.45, 2.75) is 96.9 Å². The fourth-order valence-electron chi connectivity index (χ4n) is 9.64. The van der Waals surface area contributed by atoms with Crippen LogP contribution in [0, 0.1) is 46.3 Å². The van der Waals surface area contributed by atoms with Crippen LogP contribution in [0.4, 0.5) is 0 Å². The summed E-state index contributed by atoms with van der Waals surface area (Å²) in [5.41, 5.74) is -1.53. The van der Waals surface area contributed by atoms with Crippen LogP contribution >= 0.6 is 0 Å². The normalized spacial score (nSPS) is 40.5. The maximum absolute atomic E-state index is 12.2. The molecule has 4 aliphatic rings. The molecule has 4 rings (SSSR count). The zero-order chi connectivity index (χ0) is 33.1. The van der Waals surface area contributed by atoms with E-state index in [1.54, 1.807) is 0 Å². The largest absolute Gasteiger partial charge is 0.397 e. The van der Waals surface area contributed by atoms with Gasteiger partial charge in [-0.25, -0.2) is 16.7 Å². The Hall–Kier alpha value is -0.520. The number of fused-ring (bicyclic) bond motifs is 5. The summed E-state index contributed by atoms with van der Waals surface area (Å²) in [5, 5.41) is 0. The van der Waals surface area contributed by atoms with E-state index >= 15 is 0 Å². The Bertz CT molecular complexity index is 1500. The number of hydrogen-bond acceptors (Lipinski definition) is 12. The summed E-state index contributed by atoms with van der Waals surface area (Å²) in [7, 11) is -19.3. The highest BCUT2D eigenvalue weighted by molar-refractivity contribution is 7.81. The van der Waals surface area contributed by atoms with Gasteiger partial charge in [-0.2, -0.15) is 33.7 Å². The van der Waals surface area contributed by atoms with Crippen LogP contribution in [0.15, 0.2) is 0 Å². The van der Waals surface area contributed by atoms with Crippen molar-refractivity contribution in [3.05, 3.63) is 0 Å². The molecule has 0 bridgehead atoms. The minimum atomic E-state index is -4.94. The van der Waals surface area contributed by atoms with Gasteiger partial charge in [0.05, 0.1) is 24.9 Å². The molecule has 11 atom stereocenters. The van der Waals surface area contributed by atoms with Gasteiger partial charge >= 0.3 is 41.6 Å². The Morgan fingerprint density at radius 1 is 0.750 bits per heavy atom. The van der Waals surface area contributed by atoms with Crippen LogP contribution in [0.2, 0.25) is 0 Å². The van der Waals surface area contributed by atoms with Gasteiger partial charge < -0.3 is 0 Å². The van der Waals surface area contributed by atoms with Crippen LogP contribution in [-0.2, 0) is 58.3 Å². The van der Waals surface area contributed by atoms with Gasteiger partial charge in [0.15, 0.2) is 0 Å². The van der Waals surface area contributed by atoms with E-state index in [1.165, 1.54) is 0 Å². The van der Waals surface area contributed by atoms with Crippen molar-refractivity contribution in [3.63, 3.8) is 0 Å². The van der Waals surface area contributed by atoms with E-state index in [0.717, 1.165) is 0 Å². The van der Waals surface area contributed by atoms with E-state index in [1.807, 2.05) is 20.8 Å². The molecule has 16 nitrogen and oxygen atoms in total. The first-order valence-electron chi connectivity index (χ1n) is 14.5. The molecule has 258 valence electrons. The molecule has 4 fully saturated rings. The molecule has 0 aromatic carbocycles. The summed E-state index contributed by atoms with van der Waals surface area (Å²) >= 11 is 0. The molecule has 20 heteroatoms. The SMILES string of the molecule is C[C@H](CCCOS(=O)(=O)O)[C@H]1CC[C@H]2[C@@H]3[C@H](OS(=O)(=O)O)C[C@H]4CC(OS(=O)(=O)O)CC[C@]4(C)[C@H]3CC(OS(=O)(=O)O)[C@]12C. The first-order chi connectivity index (χ1) is 19.9. The second-order valence-corrected chi connectivity index (χ2v) is 17.6. The third-order valence-corrected chi connectivity index (χ3v) is 13.2. The van der Waals surface area contributed by atoms with Crippen molar-refractivity contribution in [2.24, 2.45) is 46.3 Å². The van der Waals surface area contributed by atoms with Crippen LogP contribution < -0.4 is 0 Å². The molecule has 0 spiro atoms. The number of hydrogen-bond donors (Lipinski definition) is 4. The first-order valence-corrected chi connectivity index (χ1v) is 20.0. The van der Waals surface area contributed by atoms with E-state index in [4.69, 9.17) is 17.1 Å². The van der Waals surface area contributed by atoms with Gasteiger partial charge in [0.1, 0.15) is 0 Å². The Morgan fingerprint density at radius 3 is 1.93 bits per heavy atom. The van der Waals surface area contributed by atoms with Crippen molar-refractivity contribution < 1.29 is 68.6 Å². The Balaban J connectivity index is 1.71. The molecule has 0 aromatic rings. The number of rotatable bonds is 12. The van der Waals surface area contributed by atoms with Gasteiger partial charge in [0, 0.05) is 5.41 Å². The lowest BCUT2D eigenvalue weighted by Crippen LogP contribution is -2.63. The standard InChI is InChI=1S/C24H42O16S4/c1-14(5-4-10-37-41(25,26)27)17-6-7-18-22-19(13-21(24(17,18)3)40-44(34,35)36)23(2)9-8-16(38-42(28,29)30)11-15(23)12-20(22)39-43(31,32)33/h14-22H,4-13H2,1-3H3,(H,25,26,27)(H,28,29,30)(H,31,32,33)(H,34,35,36)/t14-,15-,16?,17-,18+,19+,20-,21?,22+,23+,24-/m1/s1. The van der Waals surface area contributed by atoms with Crippen molar-refractivity contribution in [3.8, 4) is 0 Å². The highest BCUT2D eigenvalue weighted by atomic mass is 32.3. The molecule has 0 amide bonds. The monoisotopic (exact) mass is 714 g/mol. The minimum absolute atomic E-state index is 0.0781. The average molecular weight is 715 g/mol. The van der Waals surface area contributed by atoms with Crippen molar-refractivity contribution in [1.29, 1.82) is 0 Å². The Kier molecular flexibility index (Phi) is 10.3. The molecule has 4 N–H and O–H groups in total. The highest BCUT2D eigenvalue weighted by Crippen LogP contribution is 2.69. The topological polar surface area (TPSA) is 254 Å². The van der Waals surface area contributed by atoms with E-state index in [0.29, 0.717) is 25.7 Å². The molecule has 0 aliphatic heterocycles. The summed E-state index contributed by atoms with van der Waals surface area (Å²) in [6, 6.07) is 0. The van der Waals surface area contributed by atoms with Crippen LogP contribution in [0.1, 0.15) is 78.6 Å². The van der Waals surface area contributed by atoms with Gasteiger partial charge in [0.2, 0.25) is 0 Å². The van der Waals surface area contributed by atoms with Gasteiger partial charge in [0.25, 0.3) is 0 Å². The zero-order valence-corrected chi connectivity index (χ0v) is 27.9. The lowest BCUT2D eigenvalue weighted by molar-refractivity contribution is -0.196. The molecule has 0 aromatic heterocycles. The summed E-state index contributed by atoms with van der Waals surface area (Å²) in [5.74, 6) is -2.07. The zero-order valence-electron chi connectivity index (χ0n) is 24.6. The second-order valence-electron chi connectivity index (χ2n) is 13.4. The van der Waals surface area contributed by atoms with Crippen LogP contribution in [-0.4, -0.2) is 76.8 Å². The molecular formula is C24H42O16S4. The Morgan fingerprint density at radius 2 is 1.36 bits per heavy atom. The quantitative estimate of drug-likeness (QED) is 0.167. The molecule has 44 heavy (non-hydrogen) atoms. The lowest BCUT2D eigenvalue weighted by atomic mass is 9.43. The van der Waals surface area contributed by atoms with Crippen molar-refractivity contribution in [1.82, 2.24) is 0 Å². The van der Waals surface area contributed by atoms with Crippen LogP contribution in [0.3, 0.4) is 0 Å². The minimum Gasteiger partial charge on any atom is -0.264 e. The summed E-state index contributed by atoms with van der Waals surface area (Å²) < 4.78 is 151. The smallest absolute Gasteiger partial charge is 0.264 e. The predicted molar refractivity (Wildman–Crippen MR) is 151 cm³/mol. The second kappa shape index (κ2) is 12.5. The third-order valence-electron chi connectivity index (χ3n) is 11.2. The molecule has 0 heterocycles. The molecule has 0 saturated heterocycles. The maximum atomic E-state index is 12.2. The van der Waals surface area contributed by atoms with E-state index in [9.17, 15) is 47.3 Å². The first kappa shape index (κ1) is 36.3. The van der Waals surface area contributed by atoms with Gasteiger partial charge in [-0.15, -0.1) is 0 Å². The molecular weight excluding hydrogens is 673 g/mol. The van der Waals surface area contributed by atoms with E-state index in [-0.39, 0.29) is 56.5 Å². The third kappa shape index (κ3) is 8.12. The Labute approximate surface area is 259 Å². The van der Waals surface area contributed by atoms with Gasteiger partial charge in [-0.3, -0.25) is 18.2 Å². The van der Waals surface area contributed by atoms with Gasteiger partial charge in [-0.1, -0.05) is 20.8 Å².